The summed E-state index contributed by atoms with van der Waals surface area (Å²) < 4.78 is 46.2. The van der Waals surface area contributed by atoms with Crippen LogP contribution in [0.2, 0.25) is 0 Å². The molecule has 4 rings (SSSR count). The van der Waals surface area contributed by atoms with Gasteiger partial charge in [0.1, 0.15) is 12.4 Å². The summed E-state index contributed by atoms with van der Waals surface area (Å²) in [6.45, 7) is 4.12. The topological polar surface area (TPSA) is 40.3 Å². The summed E-state index contributed by atoms with van der Waals surface area (Å²) in [4.78, 5) is 5.43. The summed E-state index contributed by atoms with van der Waals surface area (Å²) in [5.41, 5.74) is 4.18. The van der Waals surface area contributed by atoms with E-state index in [0.717, 1.165) is 41.3 Å². The average Bonchev–Trinajstić information content (AvgIpc) is 3.14. The molecule has 0 aliphatic carbocycles. The molecule has 3 aromatic rings. The lowest BCUT2D eigenvalue weighted by Gasteiger charge is -2.42. The molecule has 2 heterocycles. The summed E-state index contributed by atoms with van der Waals surface area (Å²) >= 11 is 0. The number of ether oxygens (including phenoxy) is 1. The lowest BCUT2D eigenvalue weighted by atomic mass is 9.88. The maximum atomic E-state index is 14.2. The van der Waals surface area contributed by atoms with E-state index in [4.69, 9.17) is 4.74 Å². The zero-order chi connectivity index (χ0) is 23.4. The number of halogens is 3. The molecule has 0 saturated heterocycles. The first-order valence-electron chi connectivity index (χ1n) is 11.6. The Labute approximate surface area is 193 Å². The first-order valence-corrected chi connectivity index (χ1v) is 11.6. The highest BCUT2D eigenvalue weighted by Gasteiger charge is 2.39. The summed E-state index contributed by atoms with van der Waals surface area (Å²) in [7, 11) is 0. The van der Waals surface area contributed by atoms with Gasteiger partial charge in [0.15, 0.2) is 0 Å². The van der Waals surface area contributed by atoms with Crippen molar-refractivity contribution in [3.05, 3.63) is 65.4 Å². The van der Waals surface area contributed by atoms with Gasteiger partial charge in [0.25, 0.3) is 5.92 Å². The van der Waals surface area contributed by atoms with E-state index in [2.05, 4.69) is 16.4 Å². The molecule has 0 amide bonds. The molecule has 2 atom stereocenters. The largest absolute Gasteiger partial charge is 0.492 e. The molecule has 178 valence electrons. The molecular weight excluding hydrogens is 427 g/mol. The van der Waals surface area contributed by atoms with E-state index >= 15 is 0 Å². The van der Waals surface area contributed by atoms with E-state index < -0.39 is 5.92 Å². The quantitative estimate of drug-likeness (QED) is 0.394. The van der Waals surface area contributed by atoms with E-state index in [9.17, 15) is 13.2 Å². The minimum Gasteiger partial charge on any atom is -0.492 e. The molecule has 0 radical (unpaired) electrons. The highest BCUT2D eigenvalue weighted by atomic mass is 19.3. The standard InChI is InChI=1S/C26H32F3N3O/c1-18-16-22-21-6-3-4-7-23(21)31-24(22)25(32(18)17-26(2,28)29)19-8-10-20(11-9-19)33-15-14-30-13-5-12-27/h3-4,6-11,18,25,30-31H,5,12-17H2,1-2H3/t18-,25?/m1/s1. The van der Waals surface area contributed by atoms with Gasteiger partial charge in [-0.25, -0.2) is 8.78 Å². The predicted molar refractivity (Wildman–Crippen MR) is 126 cm³/mol. The van der Waals surface area contributed by atoms with Gasteiger partial charge < -0.3 is 15.0 Å². The SMILES string of the molecule is C[C@@H]1Cc2c([nH]c3ccccc23)C(c2ccc(OCCNCCCF)cc2)N1CC(C)(F)F. The van der Waals surface area contributed by atoms with Crippen LogP contribution in [0.1, 0.15) is 43.1 Å². The Hall–Kier alpha value is -2.51. The van der Waals surface area contributed by atoms with Gasteiger partial charge in [-0.3, -0.25) is 9.29 Å². The number of hydrogen-bond donors (Lipinski definition) is 2. The zero-order valence-corrected chi connectivity index (χ0v) is 19.2. The van der Waals surface area contributed by atoms with Crippen LogP contribution in [0, 0.1) is 0 Å². The number of hydrogen-bond acceptors (Lipinski definition) is 3. The van der Waals surface area contributed by atoms with Crippen LogP contribution in [0.4, 0.5) is 13.2 Å². The minimum atomic E-state index is -2.80. The molecular formula is C26H32F3N3O. The maximum absolute atomic E-state index is 14.2. The Bertz CT molecular complexity index is 1050. The van der Waals surface area contributed by atoms with Crippen molar-refractivity contribution in [1.82, 2.24) is 15.2 Å². The first-order chi connectivity index (χ1) is 15.9. The number of benzene rings is 2. The van der Waals surface area contributed by atoms with Crippen molar-refractivity contribution in [2.75, 3.05) is 32.9 Å². The average molecular weight is 460 g/mol. The van der Waals surface area contributed by atoms with Gasteiger partial charge in [0.05, 0.1) is 19.3 Å². The van der Waals surface area contributed by atoms with E-state index in [0.29, 0.717) is 26.1 Å². The Kier molecular flexibility index (Phi) is 7.29. The van der Waals surface area contributed by atoms with Crippen LogP contribution in [0.25, 0.3) is 10.9 Å². The molecule has 1 aliphatic rings. The summed E-state index contributed by atoms with van der Waals surface area (Å²) in [5, 5.41) is 4.29. The lowest BCUT2D eigenvalue weighted by molar-refractivity contribution is -0.0366. The first kappa shape index (κ1) is 23.6. The number of rotatable bonds is 10. The second-order valence-corrected chi connectivity index (χ2v) is 8.97. The second-order valence-electron chi connectivity index (χ2n) is 8.97. The molecule has 2 aromatic carbocycles. The lowest BCUT2D eigenvalue weighted by Crippen LogP contribution is -2.47. The molecule has 33 heavy (non-hydrogen) atoms. The van der Waals surface area contributed by atoms with Gasteiger partial charge in [-0.1, -0.05) is 30.3 Å². The Morgan fingerprint density at radius 1 is 1.12 bits per heavy atom. The summed E-state index contributed by atoms with van der Waals surface area (Å²) in [6, 6.07) is 15.5. The second kappa shape index (κ2) is 10.2. The van der Waals surface area contributed by atoms with Crippen LogP contribution < -0.4 is 10.1 Å². The number of nitrogens with one attached hydrogen (secondary N) is 2. The number of alkyl halides is 3. The van der Waals surface area contributed by atoms with E-state index in [1.807, 2.05) is 54.3 Å². The molecule has 0 saturated carbocycles. The molecule has 1 aromatic heterocycles. The number of nitrogens with zero attached hydrogens (tertiary/aromatic N) is 1. The monoisotopic (exact) mass is 459 g/mol. The summed E-state index contributed by atoms with van der Waals surface area (Å²) in [6.07, 6.45) is 1.22. The number of H-pyrrole nitrogens is 1. The maximum Gasteiger partial charge on any atom is 0.257 e. The zero-order valence-electron chi connectivity index (χ0n) is 19.2. The third-order valence-electron chi connectivity index (χ3n) is 6.21. The minimum absolute atomic E-state index is 0.0288. The molecule has 7 heteroatoms. The summed E-state index contributed by atoms with van der Waals surface area (Å²) in [5.74, 6) is -2.08. The Balaban J connectivity index is 1.59. The van der Waals surface area contributed by atoms with E-state index in [1.165, 1.54) is 5.56 Å². The number of para-hydroxylation sites is 1. The van der Waals surface area contributed by atoms with Crippen molar-refractivity contribution < 1.29 is 17.9 Å². The van der Waals surface area contributed by atoms with Gasteiger partial charge >= 0.3 is 0 Å². The molecule has 0 fully saturated rings. The third kappa shape index (κ3) is 5.53. The normalized spacial score (nSPS) is 19.1. The number of aromatic nitrogens is 1. The van der Waals surface area contributed by atoms with Gasteiger partial charge in [-0.2, -0.15) is 0 Å². The molecule has 0 bridgehead atoms. The number of fused-ring (bicyclic) bond motifs is 3. The van der Waals surface area contributed by atoms with Crippen molar-refractivity contribution in [3.8, 4) is 5.75 Å². The highest BCUT2D eigenvalue weighted by molar-refractivity contribution is 5.85. The van der Waals surface area contributed by atoms with Crippen molar-refractivity contribution in [2.24, 2.45) is 0 Å². The fraction of sp³-hybridized carbons (Fsp3) is 0.462. The molecule has 1 unspecified atom stereocenters. The fourth-order valence-electron chi connectivity index (χ4n) is 4.74. The fourth-order valence-corrected chi connectivity index (χ4v) is 4.74. The van der Waals surface area contributed by atoms with E-state index in [1.54, 1.807) is 0 Å². The molecule has 0 spiro atoms. The van der Waals surface area contributed by atoms with Crippen LogP contribution in [0.5, 0.6) is 5.75 Å². The van der Waals surface area contributed by atoms with Crippen LogP contribution >= 0.6 is 0 Å². The Morgan fingerprint density at radius 2 is 1.88 bits per heavy atom. The Morgan fingerprint density at radius 3 is 2.61 bits per heavy atom. The van der Waals surface area contributed by atoms with Crippen molar-refractivity contribution >= 4 is 10.9 Å². The van der Waals surface area contributed by atoms with Gasteiger partial charge in [-0.15, -0.1) is 0 Å². The molecule has 4 nitrogen and oxygen atoms in total. The van der Waals surface area contributed by atoms with Crippen LogP contribution in [0.15, 0.2) is 48.5 Å². The van der Waals surface area contributed by atoms with Crippen molar-refractivity contribution in [1.29, 1.82) is 0 Å². The smallest absolute Gasteiger partial charge is 0.257 e. The van der Waals surface area contributed by atoms with Crippen LogP contribution in [-0.2, 0) is 6.42 Å². The number of aromatic amines is 1. The predicted octanol–water partition coefficient (Wildman–Crippen LogP) is 5.49. The van der Waals surface area contributed by atoms with Crippen molar-refractivity contribution in [3.63, 3.8) is 0 Å². The van der Waals surface area contributed by atoms with Crippen LogP contribution in [0.3, 0.4) is 0 Å². The van der Waals surface area contributed by atoms with Crippen molar-refractivity contribution in [2.45, 2.75) is 44.7 Å². The van der Waals surface area contributed by atoms with Gasteiger partial charge in [0, 0.05) is 36.1 Å². The molecule has 2 N–H and O–H groups in total. The highest BCUT2D eigenvalue weighted by Crippen LogP contribution is 2.42. The van der Waals surface area contributed by atoms with E-state index in [-0.39, 0.29) is 25.3 Å². The van der Waals surface area contributed by atoms with Gasteiger partial charge in [0.2, 0.25) is 0 Å². The third-order valence-corrected chi connectivity index (χ3v) is 6.21. The molecule has 1 aliphatic heterocycles. The van der Waals surface area contributed by atoms with Gasteiger partial charge in [-0.05, 0) is 55.6 Å². The van der Waals surface area contributed by atoms with Crippen LogP contribution in [-0.4, -0.2) is 54.8 Å².